The van der Waals surface area contributed by atoms with E-state index in [1.54, 1.807) is 37.6 Å². The minimum Gasteiger partial charge on any atom is -0.391 e. The van der Waals surface area contributed by atoms with Crippen LogP contribution in [0.5, 0.6) is 0 Å². The number of nitrogens with one attached hydrogen (secondary N) is 2. The van der Waals surface area contributed by atoms with Gasteiger partial charge in [0.05, 0.1) is 28.2 Å². The number of alkyl halides is 1. The molecule has 1 aliphatic carbocycles. The Kier molecular flexibility index (Phi) is 7.92. The molecule has 4 atom stereocenters. The van der Waals surface area contributed by atoms with Gasteiger partial charge in [0, 0.05) is 19.5 Å². The fourth-order valence-electron chi connectivity index (χ4n) is 4.71. The predicted molar refractivity (Wildman–Crippen MR) is 143 cm³/mol. The summed E-state index contributed by atoms with van der Waals surface area (Å²) in [5.74, 6) is -1.79. The third-order valence-corrected chi connectivity index (χ3v) is 8.20. The fourth-order valence-corrected chi connectivity index (χ4v) is 5.52. The Hall–Kier alpha value is -2.89. The molecule has 11 heteroatoms. The number of halogens is 1. The van der Waals surface area contributed by atoms with Crippen LogP contribution >= 0.6 is 11.3 Å². The molecule has 0 radical (unpaired) electrons. The highest BCUT2D eigenvalue weighted by atomic mass is 32.1. The molecule has 1 saturated carbocycles. The van der Waals surface area contributed by atoms with Gasteiger partial charge in [-0.15, -0.1) is 11.3 Å². The highest BCUT2D eigenvalue weighted by Gasteiger charge is 2.53. The van der Waals surface area contributed by atoms with E-state index in [2.05, 4.69) is 15.6 Å². The van der Waals surface area contributed by atoms with Crippen molar-refractivity contribution < 1.29 is 23.9 Å². The molecule has 2 fully saturated rings. The zero-order chi connectivity index (χ0) is 27.8. The molecule has 2 heterocycles. The minimum atomic E-state index is -1.94. The van der Waals surface area contributed by atoms with Gasteiger partial charge in [-0.05, 0) is 36.3 Å². The molecule has 2 aliphatic rings. The number of aryl methyl sites for hydroxylation is 1. The first kappa shape index (κ1) is 28.1. The first-order chi connectivity index (χ1) is 17.8. The molecule has 0 spiro atoms. The van der Waals surface area contributed by atoms with E-state index < -0.39 is 53.0 Å². The Morgan fingerprint density at radius 2 is 1.89 bits per heavy atom. The Morgan fingerprint density at radius 1 is 1.24 bits per heavy atom. The molecule has 1 unspecified atom stereocenters. The number of aromatic nitrogens is 1. The first-order valence-electron chi connectivity index (χ1n) is 12.8. The molecule has 1 aromatic carbocycles. The van der Waals surface area contributed by atoms with Gasteiger partial charge in [-0.3, -0.25) is 14.4 Å². The number of rotatable bonds is 8. The first-order valence-corrected chi connectivity index (χ1v) is 13.7. The van der Waals surface area contributed by atoms with Gasteiger partial charge in [-0.25, -0.2) is 9.37 Å². The minimum absolute atomic E-state index is 0.0519. The maximum atomic E-state index is 14.4. The Morgan fingerprint density at radius 3 is 2.42 bits per heavy atom. The number of nitrogens with zero attached hydrogens (tertiary/aromatic N) is 2. The summed E-state index contributed by atoms with van der Waals surface area (Å²) >= 11 is 1.55. The average molecular weight is 546 g/mol. The number of thiazole rings is 1. The number of carbonyl (C=O) groups is 3. The number of amides is 3. The molecule has 1 aromatic heterocycles. The Bertz CT molecular complexity index is 1190. The summed E-state index contributed by atoms with van der Waals surface area (Å²) in [7, 11) is 0. The van der Waals surface area contributed by atoms with Gasteiger partial charge >= 0.3 is 0 Å². The number of hydrogen-bond donors (Lipinski definition) is 4. The Labute approximate surface area is 226 Å². The van der Waals surface area contributed by atoms with Crippen LogP contribution in [-0.2, 0) is 14.4 Å². The van der Waals surface area contributed by atoms with Crippen molar-refractivity contribution in [1.29, 1.82) is 0 Å². The van der Waals surface area contributed by atoms with E-state index in [9.17, 15) is 23.9 Å². The van der Waals surface area contributed by atoms with Crippen molar-refractivity contribution >= 4 is 29.1 Å². The molecule has 4 rings (SSSR count). The third kappa shape index (κ3) is 5.89. The van der Waals surface area contributed by atoms with E-state index in [4.69, 9.17) is 5.73 Å². The summed E-state index contributed by atoms with van der Waals surface area (Å²) in [6.45, 7) is 7.30. The number of benzene rings is 1. The van der Waals surface area contributed by atoms with Crippen LogP contribution in [0, 0.1) is 12.3 Å². The van der Waals surface area contributed by atoms with Crippen LogP contribution in [0.1, 0.15) is 57.3 Å². The summed E-state index contributed by atoms with van der Waals surface area (Å²) in [5.41, 5.74) is 7.88. The van der Waals surface area contributed by atoms with E-state index >= 15 is 0 Å². The summed E-state index contributed by atoms with van der Waals surface area (Å²) in [6.07, 6.45) is -0.595. The normalized spacial score (nSPS) is 22.0. The zero-order valence-electron chi connectivity index (χ0n) is 22.2. The molecule has 1 saturated heterocycles. The summed E-state index contributed by atoms with van der Waals surface area (Å²) in [5, 5.41) is 15.9. The number of aliphatic hydroxyl groups excluding tert-OH is 1. The number of hydrogen-bond acceptors (Lipinski definition) is 7. The van der Waals surface area contributed by atoms with E-state index in [-0.39, 0.29) is 32.4 Å². The molecule has 3 amide bonds. The van der Waals surface area contributed by atoms with E-state index in [0.717, 1.165) is 21.7 Å². The van der Waals surface area contributed by atoms with Crippen molar-refractivity contribution in [2.45, 2.75) is 76.9 Å². The fraction of sp³-hybridized carbons (Fsp3) is 0.556. The van der Waals surface area contributed by atoms with Crippen molar-refractivity contribution in [2.24, 2.45) is 11.1 Å². The van der Waals surface area contributed by atoms with Gasteiger partial charge in [0.1, 0.15) is 12.1 Å². The molecule has 206 valence electrons. The van der Waals surface area contributed by atoms with Gasteiger partial charge in [0.25, 0.3) is 5.91 Å². The van der Waals surface area contributed by atoms with Crippen LogP contribution in [-0.4, -0.2) is 69.7 Å². The maximum Gasteiger partial charge on any atom is 0.258 e. The lowest BCUT2D eigenvalue weighted by atomic mass is 9.85. The highest BCUT2D eigenvalue weighted by molar-refractivity contribution is 7.13. The lowest BCUT2D eigenvalue weighted by molar-refractivity contribution is -0.145. The van der Waals surface area contributed by atoms with Crippen LogP contribution in [0.15, 0.2) is 29.8 Å². The summed E-state index contributed by atoms with van der Waals surface area (Å²) in [6, 6.07) is 5.18. The second-order valence-corrected chi connectivity index (χ2v) is 12.2. The molecule has 38 heavy (non-hydrogen) atoms. The number of nitrogens with two attached hydrogens (primary N) is 1. The van der Waals surface area contributed by atoms with Crippen LogP contribution in [0.4, 0.5) is 4.39 Å². The summed E-state index contributed by atoms with van der Waals surface area (Å²) < 4.78 is 14.4. The monoisotopic (exact) mass is 545 g/mol. The summed E-state index contributed by atoms with van der Waals surface area (Å²) in [4.78, 5) is 46.1. The van der Waals surface area contributed by atoms with Gasteiger partial charge in [0.2, 0.25) is 11.8 Å². The highest BCUT2D eigenvalue weighted by Crippen LogP contribution is 2.40. The lowest BCUT2D eigenvalue weighted by Gasteiger charge is -2.36. The predicted octanol–water partition coefficient (Wildman–Crippen LogP) is 2.23. The number of carbonyl (C=O) groups excluding carboxylic acids is 3. The molecule has 2 aromatic rings. The van der Waals surface area contributed by atoms with Crippen molar-refractivity contribution in [1.82, 2.24) is 20.5 Å². The SMILES string of the molecule is Cc1ncsc1-c1ccc([C@@H](CN)NC(=O)C2C[C@@H](O)CN2C(=O)[C@@H](NC(=O)C2(F)CC2)C(C)(C)C)cc1. The topological polar surface area (TPSA) is 138 Å². The largest absolute Gasteiger partial charge is 0.391 e. The Balaban J connectivity index is 1.48. The van der Waals surface area contributed by atoms with E-state index in [1.165, 1.54) is 4.90 Å². The zero-order valence-corrected chi connectivity index (χ0v) is 23.0. The van der Waals surface area contributed by atoms with Gasteiger partial charge in [-0.2, -0.15) is 0 Å². The molecule has 5 N–H and O–H groups in total. The van der Waals surface area contributed by atoms with Crippen molar-refractivity contribution in [3.63, 3.8) is 0 Å². The quantitative estimate of drug-likeness (QED) is 0.402. The van der Waals surface area contributed by atoms with Crippen LogP contribution < -0.4 is 16.4 Å². The lowest BCUT2D eigenvalue weighted by Crippen LogP contribution is -2.59. The number of aliphatic hydroxyl groups is 1. The van der Waals surface area contributed by atoms with Crippen LogP contribution in [0.2, 0.25) is 0 Å². The molecule has 0 bridgehead atoms. The molecule has 1 aliphatic heterocycles. The van der Waals surface area contributed by atoms with Crippen molar-refractivity contribution in [3.8, 4) is 10.4 Å². The van der Waals surface area contributed by atoms with E-state index in [1.807, 2.05) is 31.2 Å². The standard InChI is InChI=1S/C27H36FN5O4S/c1-15-21(38-14-30-15)17-7-5-16(6-8-17)19(12-29)31-23(35)20-11-18(34)13-33(20)24(36)22(26(2,3)4)32-25(37)27(28)9-10-27/h5-8,14,18-20,22,34H,9-13,29H2,1-4H3,(H,31,35)(H,32,37)/t18-,19-,20?,22-/m1/s1. The van der Waals surface area contributed by atoms with Gasteiger partial charge < -0.3 is 26.4 Å². The second-order valence-electron chi connectivity index (χ2n) is 11.3. The molecular weight excluding hydrogens is 509 g/mol. The number of likely N-dealkylation sites (tertiary alicyclic amines) is 1. The molecule has 9 nitrogen and oxygen atoms in total. The van der Waals surface area contributed by atoms with Crippen molar-refractivity contribution in [3.05, 3.63) is 41.0 Å². The van der Waals surface area contributed by atoms with Gasteiger partial charge in [-0.1, -0.05) is 45.0 Å². The third-order valence-electron chi connectivity index (χ3n) is 7.22. The molecular formula is C27H36FN5O4S. The van der Waals surface area contributed by atoms with Crippen LogP contribution in [0.3, 0.4) is 0 Å². The van der Waals surface area contributed by atoms with Crippen molar-refractivity contribution in [2.75, 3.05) is 13.1 Å². The maximum absolute atomic E-state index is 14.4. The number of β-amino-alcohol motifs (C(OH)–C–C–N with tert-alkyl or cyclic N) is 1. The average Bonchev–Trinajstić information content (AvgIpc) is 3.28. The second kappa shape index (κ2) is 10.7. The van der Waals surface area contributed by atoms with Gasteiger partial charge in [0.15, 0.2) is 5.67 Å². The van der Waals surface area contributed by atoms with Crippen LogP contribution in [0.25, 0.3) is 10.4 Å². The smallest absolute Gasteiger partial charge is 0.258 e. The van der Waals surface area contributed by atoms with E-state index in [0.29, 0.717) is 0 Å².